The predicted molar refractivity (Wildman–Crippen MR) is 220 cm³/mol. The molecule has 56 heavy (non-hydrogen) atoms. The number of hydrogen-bond donors (Lipinski definition) is 0. The van der Waals surface area contributed by atoms with Crippen molar-refractivity contribution < 1.29 is 0 Å². The highest BCUT2D eigenvalue weighted by Crippen LogP contribution is 2.43. The molecule has 10 rings (SSSR count). The first-order valence-corrected chi connectivity index (χ1v) is 18.3. The van der Waals surface area contributed by atoms with E-state index in [9.17, 15) is 5.26 Å². The van der Waals surface area contributed by atoms with Crippen LogP contribution in [0.5, 0.6) is 0 Å². The number of aryl methyl sites for hydroxylation is 4. The van der Waals surface area contributed by atoms with Gasteiger partial charge in [-0.25, -0.2) is 29.9 Å². The first kappa shape index (κ1) is 33.0. The molecule has 0 aliphatic heterocycles. The second-order valence-corrected chi connectivity index (χ2v) is 13.9. The van der Waals surface area contributed by atoms with Crippen LogP contribution in [0, 0.1) is 39.0 Å². The van der Waals surface area contributed by atoms with Gasteiger partial charge in [-0.15, -0.1) is 0 Å². The molecule has 0 bridgehead atoms. The van der Waals surface area contributed by atoms with E-state index in [-0.39, 0.29) is 0 Å². The van der Waals surface area contributed by atoms with E-state index in [1.807, 2.05) is 64.4 Å². The molecule has 0 aliphatic carbocycles. The molecule has 266 valence electrons. The molecule has 0 N–H and O–H groups in total. The molecule has 0 aliphatic rings. The monoisotopic (exact) mass is 724 g/mol. The number of nitrogens with zero attached hydrogens (tertiary/aromatic N) is 10. The standard InChI is InChI=1S/C46H32N10/c1-26-49-27(2)52-45(51-26)32-13-15-40-36(23-32)34-9-5-7-11-38(34)55(40)42-21-30(25-47)22-43(44(42)31-17-19-48-20-18-31)56-39-12-8-6-10-35(39)37-24-33(14-16-41(37)56)46-53-28(3)50-29(4)54-46/h5-24H,1-4H3. The third-order valence-corrected chi connectivity index (χ3v) is 10.3. The smallest absolute Gasteiger partial charge is 0.163 e. The van der Waals surface area contributed by atoms with E-state index in [1.54, 1.807) is 0 Å². The second kappa shape index (κ2) is 12.7. The van der Waals surface area contributed by atoms with Crippen molar-refractivity contribution in [3.63, 3.8) is 0 Å². The number of rotatable bonds is 5. The molecule has 10 aromatic rings. The first-order chi connectivity index (χ1) is 27.3. The maximum atomic E-state index is 10.7. The summed E-state index contributed by atoms with van der Waals surface area (Å²) in [5.41, 5.74) is 10.00. The van der Waals surface area contributed by atoms with Crippen molar-refractivity contribution >= 4 is 43.6 Å². The molecule has 0 spiro atoms. The highest BCUT2D eigenvalue weighted by atomic mass is 15.0. The number of pyridine rings is 1. The van der Waals surface area contributed by atoms with Crippen molar-refractivity contribution in [2.45, 2.75) is 27.7 Å². The number of para-hydroxylation sites is 2. The Kier molecular flexibility index (Phi) is 7.50. The lowest BCUT2D eigenvalue weighted by atomic mass is 9.99. The number of hydrogen-bond acceptors (Lipinski definition) is 8. The molecule has 5 heterocycles. The molecule has 10 heteroatoms. The van der Waals surface area contributed by atoms with E-state index in [1.165, 1.54) is 0 Å². The molecule has 0 radical (unpaired) electrons. The Morgan fingerprint density at radius 3 is 1.32 bits per heavy atom. The van der Waals surface area contributed by atoms with Crippen molar-refractivity contribution in [1.29, 1.82) is 5.26 Å². The molecule has 0 fully saturated rings. The number of nitriles is 1. The lowest BCUT2D eigenvalue weighted by Crippen LogP contribution is -2.05. The van der Waals surface area contributed by atoms with E-state index < -0.39 is 0 Å². The van der Waals surface area contributed by atoms with Gasteiger partial charge >= 0.3 is 0 Å². The molecule has 5 aromatic carbocycles. The third-order valence-electron chi connectivity index (χ3n) is 10.3. The second-order valence-electron chi connectivity index (χ2n) is 13.9. The van der Waals surface area contributed by atoms with Gasteiger partial charge < -0.3 is 9.13 Å². The number of benzene rings is 5. The summed E-state index contributed by atoms with van der Waals surface area (Å²) < 4.78 is 4.55. The van der Waals surface area contributed by atoms with E-state index >= 15 is 0 Å². The van der Waals surface area contributed by atoms with E-state index in [0.717, 1.165) is 77.2 Å². The van der Waals surface area contributed by atoms with Crippen LogP contribution in [0.1, 0.15) is 28.9 Å². The van der Waals surface area contributed by atoms with Crippen molar-refractivity contribution in [2.24, 2.45) is 0 Å². The van der Waals surface area contributed by atoms with Crippen LogP contribution in [0.25, 0.3) is 88.9 Å². The van der Waals surface area contributed by atoms with Crippen molar-refractivity contribution in [2.75, 3.05) is 0 Å². The lowest BCUT2D eigenvalue weighted by Gasteiger charge is -2.21. The average molecular weight is 725 g/mol. The molecule has 0 amide bonds. The first-order valence-electron chi connectivity index (χ1n) is 18.3. The van der Waals surface area contributed by atoms with Gasteiger partial charge in [0.15, 0.2) is 11.6 Å². The Hall–Kier alpha value is -7.64. The molecule has 0 saturated carbocycles. The summed E-state index contributed by atoms with van der Waals surface area (Å²) in [5, 5.41) is 14.9. The zero-order valence-electron chi connectivity index (χ0n) is 31.0. The summed E-state index contributed by atoms with van der Waals surface area (Å²) in [4.78, 5) is 31.9. The Morgan fingerprint density at radius 1 is 0.446 bits per heavy atom. The quantitative estimate of drug-likeness (QED) is 0.172. The van der Waals surface area contributed by atoms with Crippen LogP contribution in [0.2, 0.25) is 0 Å². The fraction of sp³-hybridized carbons (Fsp3) is 0.0870. The van der Waals surface area contributed by atoms with Crippen LogP contribution in [-0.4, -0.2) is 44.0 Å². The van der Waals surface area contributed by atoms with Gasteiger partial charge in [-0.05, 0) is 106 Å². The fourth-order valence-corrected chi connectivity index (χ4v) is 8.08. The fourth-order valence-electron chi connectivity index (χ4n) is 8.08. The molecule has 0 atom stereocenters. The maximum Gasteiger partial charge on any atom is 0.163 e. The van der Waals surface area contributed by atoms with Crippen LogP contribution >= 0.6 is 0 Å². The summed E-state index contributed by atoms with van der Waals surface area (Å²) in [6.07, 6.45) is 3.63. The Labute approximate surface area is 321 Å². The largest absolute Gasteiger partial charge is 0.308 e. The van der Waals surface area contributed by atoms with Gasteiger partial charge in [-0.1, -0.05) is 36.4 Å². The lowest BCUT2D eigenvalue weighted by molar-refractivity contribution is 0.928. The average Bonchev–Trinajstić information content (AvgIpc) is 3.72. The maximum absolute atomic E-state index is 10.7. The minimum atomic E-state index is 0.533. The molecule has 0 unspecified atom stereocenters. The Balaban J connectivity index is 1.30. The Morgan fingerprint density at radius 2 is 0.875 bits per heavy atom. The minimum Gasteiger partial charge on any atom is -0.308 e. The molecule has 10 nitrogen and oxygen atoms in total. The SMILES string of the molecule is Cc1nc(C)nc(-c2ccc3c(c2)c2ccccc2n3-c2cc(C#N)cc(-n3c4ccccc4c4cc(-c5nc(C)nc(C)n5)ccc43)c2-c2ccncc2)n1. The normalized spacial score (nSPS) is 11.6. The van der Waals surface area contributed by atoms with Gasteiger partial charge in [0.2, 0.25) is 0 Å². The van der Waals surface area contributed by atoms with Crippen LogP contribution in [-0.2, 0) is 0 Å². The van der Waals surface area contributed by atoms with Crippen molar-refractivity contribution in [3.8, 4) is 51.3 Å². The minimum absolute atomic E-state index is 0.533. The van der Waals surface area contributed by atoms with Crippen LogP contribution in [0.3, 0.4) is 0 Å². The van der Waals surface area contributed by atoms with Crippen LogP contribution in [0.15, 0.2) is 122 Å². The van der Waals surface area contributed by atoms with E-state index in [0.29, 0.717) is 40.5 Å². The highest BCUT2D eigenvalue weighted by molar-refractivity contribution is 6.13. The third kappa shape index (κ3) is 5.28. The molecule has 5 aromatic heterocycles. The van der Waals surface area contributed by atoms with E-state index in [2.05, 4.69) is 135 Å². The zero-order valence-corrected chi connectivity index (χ0v) is 31.0. The summed E-state index contributed by atoms with van der Waals surface area (Å²) in [7, 11) is 0. The van der Waals surface area contributed by atoms with Gasteiger partial charge in [0, 0.05) is 50.6 Å². The highest BCUT2D eigenvalue weighted by Gasteiger charge is 2.24. The van der Waals surface area contributed by atoms with Gasteiger partial charge in [0.25, 0.3) is 0 Å². The molecular weight excluding hydrogens is 693 g/mol. The van der Waals surface area contributed by atoms with Gasteiger partial charge in [-0.3, -0.25) is 4.98 Å². The predicted octanol–water partition coefficient (Wildman–Crippen LogP) is 9.75. The number of aromatic nitrogens is 9. The van der Waals surface area contributed by atoms with Crippen LogP contribution in [0.4, 0.5) is 0 Å². The zero-order chi connectivity index (χ0) is 38.1. The number of fused-ring (bicyclic) bond motifs is 6. The summed E-state index contributed by atoms with van der Waals surface area (Å²) in [6, 6.07) is 40.0. The summed E-state index contributed by atoms with van der Waals surface area (Å²) in [6.45, 7) is 7.54. The van der Waals surface area contributed by atoms with Gasteiger partial charge in [0.1, 0.15) is 23.3 Å². The van der Waals surface area contributed by atoms with E-state index in [4.69, 9.17) is 0 Å². The topological polar surface area (TPSA) is 124 Å². The van der Waals surface area contributed by atoms with Crippen molar-refractivity contribution in [1.82, 2.24) is 44.0 Å². The summed E-state index contributed by atoms with van der Waals surface area (Å²) in [5.74, 6) is 3.97. The van der Waals surface area contributed by atoms with Gasteiger partial charge in [0.05, 0.1) is 45.1 Å². The van der Waals surface area contributed by atoms with Crippen LogP contribution < -0.4 is 0 Å². The summed E-state index contributed by atoms with van der Waals surface area (Å²) >= 11 is 0. The molecular formula is C46H32N10. The van der Waals surface area contributed by atoms with Gasteiger partial charge in [-0.2, -0.15) is 5.26 Å². The molecule has 0 saturated heterocycles. The van der Waals surface area contributed by atoms with Crippen molar-refractivity contribution in [3.05, 3.63) is 150 Å². The Bertz CT molecular complexity index is 3030.